The monoisotopic (exact) mass is 280 g/mol. The molecule has 4 nitrogen and oxygen atoms in total. The highest BCUT2D eigenvalue weighted by Crippen LogP contribution is 2.31. The first-order chi connectivity index (χ1) is 9.57. The second-order valence-electron chi connectivity index (χ2n) is 5.39. The standard InChI is InChI=1S/C15H21FN2O2/c1-18(10-12-3-2-4-13(16)9-12)14(19)15(11-17)5-7-20-8-6-15/h2-4,9H,5-8,10-11,17H2,1H3. The molecule has 0 spiro atoms. The van der Waals surface area contributed by atoms with Gasteiger partial charge in [-0.15, -0.1) is 0 Å². The third-order valence-corrected chi connectivity index (χ3v) is 3.95. The first-order valence-corrected chi connectivity index (χ1v) is 6.85. The Morgan fingerprint density at radius 3 is 2.75 bits per heavy atom. The zero-order valence-corrected chi connectivity index (χ0v) is 11.8. The maximum absolute atomic E-state index is 13.2. The minimum atomic E-state index is -0.527. The average Bonchev–Trinajstić information content (AvgIpc) is 2.47. The Morgan fingerprint density at radius 2 is 2.15 bits per heavy atom. The summed E-state index contributed by atoms with van der Waals surface area (Å²) in [7, 11) is 1.74. The lowest BCUT2D eigenvalue weighted by atomic mass is 9.79. The lowest BCUT2D eigenvalue weighted by Gasteiger charge is -2.37. The van der Waals surface area contributed by atoms with Crippen LogP contribution in [0.5, 0.6) is 0 Å². The van der Waals surface area contributed by atoms with E-state index >= 15 is 0 Å². The van der Waals surface area contributed by atoms with E-state index in [1.54, 1.807) is 18.0 Å². The lowest BCUT2D eigenvalue weighted by molar-refractivity contribution is -0.146. The molecule has 2 N–H and O–H groups in total. The molecule has 1 amide bonds. The Labute approximate surface area is 118 Å². The maximum atomic E-state index is 13.2. The molecular formula is C15H21FN2O2. The molecule has 0 unspecified atom stereocenters. The van der Waals surface area contributed by atoms with Crippen LogP contribution < -0.4 is 5.73 Å². The fourth-order valence-corrected chi connectivity index (χ4v) is 2.65. The number of nitrogens with zero attached hydrogens (tertiary/aromatic N) is 1. The van der Waals surface area contributed by atoms with Crippen molar-refractivity contribution in [1.29, 1.82) is 0 Å². The second kappa shape index (κ2) is 6.33. The second-order valence-corrected chi connectivity index (χ2v) is 5.39. The summed E-state index contributed by atoms with van der Waals surface area (Å²) in [5.74, 6) is -0.268. The van der Waals surface area contributed by atoms with Crippen LogP contribution >= 0.6 is 0 Å². The third-order valence-electron chi connectivity index (χ3n) is 3.95. The highest BCUT2D eigenvalue weighted by molar-refractivity contribution is 5.83. The molecule has 0 aromatic heterocycles. The van der Waals surface area contributed by atoms with Crippen molar-refractivity contribution in [2.45, 2.75) is 19.4 Å². The Hall–Kier alpha value is -1.46. The molecule has 1 heterocycles. The van der Waals surface area contributed by atoms with Crippen LogP contribution in [0, 0.1) is 11.2 Å². The van der Waals surface area contributed by atoms with Crippen molar-refractivity contribution in [3.05, 3.63) is 35.6 Å². The first-order valence-electron chi connectivity index (χ1n) is 6.85. The summed E-state index contributed by atoms with van der Waals surface area (Å²) in [6, 6.07) is 6.30. The SMILES string of the molecule is CN(Cc1cccc(F)c1)C(=O)C1(CN)CCOCC1. The van der Waals surface area contributed by atoms with Gasteiger partial charge in [-0.1, -0.05) is 12.1 Å². The fourth-order valence-electron chi connectivity index (χ4n) is 2.65. The molecule has 0 saturated carbocycles. The highest BCUT2D eigenvalue weighted by atomic mass is 19.1. The zero-order chi connectivity index (χ0) is 14.6. The van der Waals surface area contributed by atoms with Crippen LogP contribution in [0.25, 0.3) is 0 Å². The van der Waals surface area contributed by atoms with E-state index < -0.39 is 5.41 Å². The number of halogens is 1. The number of rotatable bonds is 4. The number of hydrogen-bond acceptors (Lipinski definition) is 3. The minimum Gasteiger partial charge on any atom is -0.381 e. The van der Waals surface area contributed by atoms with Gasteiger partial charge in [0, 0.05) is 33.4 Å². The van der Waals surface area contributed by atoms with Gasteiger partial charge in [0.15, 0.2) is 0 Å². The van der Waals surface area contributed by atoms with E-state index in [1.807, 2.05) is 6.07 Å². The highest BCUT2D eigenvalue weighted by Gasteiger charge is 2.40. The molecule has 0 atom stereocenters. The number of amides is 1. The van der Waals surface area contributed by atoms with Crippen molar-refractivity contribution in [2.24, 2.45) is 11.1 Å². The van der Waals surface area contributed by atoms with Gasteiger partial charge in [-0.05, 0) is 30.5 Å². The van der Waals surface area contributed by atoms with Gasteiger partial charge in [-0.2, -0.15) is 0 Å². The van der Waals surface area contributed by atoms with Crippen molar-refractivity contribution in [1.82, 2.24) is 4.90 Å². The van der Waals surface area contributed by atoms with E-state index in [9.17, 15) is 9.18 Å². The molecule has 1 aromatic carbocycles. The summed E-state index contributed by atoms with van der Waals surface area (Å²) >= 11 is 0. The normalized spacial score (nSPS) is 17.8. The maximum Gasteiger partial charge on any atom is 0.230 e. The van der Waals surface area contributed by atoms with Crippen LogP contribution in [0.15, 0.2) is 24.3 Å². The number of carbonyl (C=O) groups is 1. The van der Waals surface area contributed by atoms with E-state index in [1.165, 1.54) is 12.1 Å². The van der Waals surface area contributed by atoms with Crippen molar-refractivity contribution >= 4 is 5.91 Å². The van der Waals surface area contributed by atoms with Gasteiger partial charge >= 0.3 is 0 Å². The Kier molecular flexibility index (Phi) is 4.73. The van der Waals surface area contributed by atoms with Gasteiger partial charge in [-0.3, -0.25) is 4.79 Å². The van der Waals surface area contributed by atoms with Gasteiger partial charge in [0.25, 0.3) is 0 Å². The summed E-state index contributed by atoms with van der Waals surface area (Å²) in [4.78, 5) is 14.3. The number of nitrogens with two attached hydrogens (primary N) is 1. The zero-order valence-electron chi connectivity index (χ0n) is 11.8. The Bertz CT molecular complexity index is 473. The predicted molar refractivity (Wildman–Crippen MR) is 74.4 cm³/mol. The van der Waals surface area contributed by atoms with Gasteiger partial charge in [0.2, 0.25) is 5.91 Å². The summed E-state index contributed by atoms with van der Waals surface area (Å²) in [5, 5.41) is 0. The molecule has 2 rings (SSSR count). The summed E-state index contributed by atoms with van der Waals surface area (Å²) in [5.41, 5.74) is 6.08. The molecule has 0 aliphatic carbocycles. The molecule has 5 heteroatoms. The first kappa shape index (κ1) is 14.9. The van der Waals surface area contributed by atoms with Gasteiger partial charge in [0.1, 0.15) is 5.82 Å². The van der Waals surface area contributed by atoms with Gasteiger partial charge in [0.05, 0.1) is 5.41 Å². The topological polar surface area (TPSA) is 55.6 Å². The Morgan fingerprint density at radius 1 is 1.45 bits per heavy atom. The van der Waals surface area contributed by atoms with Crippen molar-refractivity contribution < 1.29 is 13.9 Å². The molecule has 20 heavy (non-hydrogen) atoms. The molecule has 1 aliphatic heterocycles. The summed E-state index contributed by atoms with van der Waals surface area (Å²) in [6.07, 6.45) is 1.30. The molecule has 110 valence electrons. The molecule has 1 aromatic rings. The predicted octanol–water partition coefficient (Wildman–Crippen LogP) is 1.54. The fraction of sp³-hybridized carbons (Fsp3) is 0.533. The van der Waals surface area contributed by atoms with E-state index in [-0.39, 0.29) is 11.7 Å². The lowest BCUT2D eigenvalue weighted by Crippen LogP contribution is -2.49. The molecule has 1 fully saturated rings. The molecule has 1 aliphatic rings. The van der Waals surface area contributed by atoms with E-state index in [2.05, 4.69) is 0 Å². The van der Waals surface area contributed by atoms with Gasteiger partial charge in [-0.25, -0.2) is 4.39 Å². The van der Waals surface area contributed by atoms with Crippen LogP contribution in [-0.2, 0) is 16.1 Å². The van der Waals surface area contributed by atoms with Crippen LogP contribution in [0.2, 0.25) is 0 Å². The van der Waals surface area contributed by atoms with E-state index in [0.717, 1.165) is 5.56 Å². The van der Waals surface area contributed by atoms with Crippen LogP contribution in [-0.4, -0.2) is 37.6 Å². The molecule has 0 radical (unpaired) electrons. The van der Waals surface area contributed by atoms with E-state index in [4.69, 9.17) is 10.5 Å². The average molecular weight is 280 g/mol. The Balaban J connectivity index is 2.07. The minimum absolute atomic E-state index is 0.0209. The molecular weight excluding hydrogens is 259 g/mol. The van der Waals surface area contributed by atoms with Crippen molar-refractivity contribution in [3.8, 4) is 0 Å². The van der Waals surface area contributed by atoms with Crippen LogP contribution in [0.4, 0.5) is 4.39 Å². The number of benzene rings is 1. The van der Waals surface area contributed by atoms with Crippen molar-refractivity contribution in [3.63, 3.8) is 0 Å². The van der Waals surface area contributed by atoms with Gasteiger partial charge < -0.3 is 15.4 Å². The van der Waals surface area contributed by atoms with Crippen LogP contribution in [0.3, 0.4) is 0 Å². The number of ether oxygens (including phenoxy) is 1. The largest absolute Gasteiger partial charge is 0.381 e. The van der Waals surface area contributed by atoms with Crippen molar-refractivity contribution in [2.75, 3.05) is 26.8 Å². The third kappa shape index (κ3) is 3.16. The quantitative estimate of drug-likeness (QED) is 0.910. The number of carbonyl (C=O) groups excluding carboxylic acids is 1. The van der Waals surface area contributed by atoms with Crippen LogP contribution in [0.1, 0.15) is 18.4 Å². The summed E-state index contributed by atoms with van der Waals surface area (Å²) in [6.45, 7) is 1.84. The molecule has 0 bridgehead atoms. The smallest absolute Gasteiger partial charge is 0.230 e. The van der Waals surface area contributed by atoms with E-state index in [0.29, 0.717) is 39.1 Å². The molecule has 1 saturated heterocycles. The number of hydrogen-bond donors (Lipinski definition) is 1. The summed E-state index contributed by atoms with van der Waals surface area (Å²) < 4.78 is 18.5.